The van der Waals surface area contributed by atoms with Gasteiger partial charge in [-0.2, -0.15) is 0 Å². The van der Waals surface area contributed by atoms with Gasteiger partial charge in [0, 0.05) is 31.3 Å². The molecule has 0 spiro atoms. The second-order valence-electron chi connectivity index (χ2n) is 11.1. The summed E-state index contributed by atoms with van der Waals surface area (Å²) in [6, 6.07) is 4.11. The van der Waals surface area contributed by atoms with Crippen molar-refractivity contribution in [1.29, 1.82) is 0 Å². The van der Waals surface area contributed by atoms with Crippen LogP contribution in [0.1, 0.15) is 61.8 Å². The van der Waals surface area contributed by atoms with E-state index in [4.69, 9.17) is 14.0 Å². The van der Waals surface area contributed by atoms with E-state index >= 15 is 0 Å². The zero-order chi connectivity index (χ0) is 29.4. The number of carbonyl (C=O) groups is 2. The molecular weight excluding hydrogens is 514 g/mol. The SMILES string of the molecule is Cc1noc(C)c1NC(=O)Nc1ccc2c(c1)C(=O)N([C@@H](C)CO)C[C@H](C)[C@H](CN(C)C)OCCCC[C@@H](C)O2. The lowest BCUT2D eigenvalue weighted by molar-refractivity contribution is -0.0137. The number of rotatable bonds is 6. The lowest BCUT2D eigenvalue weighted by Crippen LogP contribution is -2.47. The largest absolute Gasteiger partial charge is 0.490 e. The highest BCUT2D eigenvalue weighted by Crippen LogP contribution is 2.29. The molecule has 11 nitrogen and oxygen atoms in total. The molecule has 0 saturated heterocycles. The summed E-state index contributed by atoms with van der Waals surface area (Å²) in [4.78, 5) is 30.6. The van der Waals surface area contributed by atoms with E-state index in [9.17, 15) is 14.7 Å². The van der Waals surface area contributed by atoms with Crippen LogP contribution >= 0.6 is 0 Å². The first kappa shape index (κ1) is 31.4. The number of carbonyl (C=O) groups excluding carboxylic acids is 2. The Morgan fingerprint density at radius 2 is 1.98 bits per heavy atom. The van der Waals surface area contributed by atoms with Crippen LogP contribution in [0.25, 0.3) is 0 Å². The third kappa shape index (κ3) is 8.42. The number of likely N-dealkylation sites (N-methyl/N-ethyl adjacent to an activating group) is 1. The zero-order valence-electron chi connectivity index (χ0n) is 24.8. The molecule has 0 fully saturated rings. The molecule has 11 heteroatoms. The van der Waals surface area contributed by atoms with Crippen molar-refractivity contribution >= 4 is 23.3 Å². The van der Waals surface area contributed by atoms with Crippen LogP contribution in [0.2, 0.25) is 0 Å². The summed E-state index contributed by atoms with van der Waals surface area (Å²) in [5.41, 5.74) is 1.80. The molecule has 1 aromatic heterocycles. The van der Waals surface area contributed by atoms with Crippen LogP contribution in [0.5, 0.6) is 5.75 Å². The van der Waals surface area contributed by atoms with Gasteiger partial charge in [0.1, 0.15) is 17.1 Å². The molecule has 2 aromatic rings. The van der Waals surface area contributed by atoms with Gasteiger partial charge in [0.25, 0.3) is 5.91 Å². The van der Waals surface area contributed by atoms with E-state index in [1.807, 2.05) is 27.9 Å². The second-order valence-corrected chi connectivity index (χ2v) is 11.1. The number of nitrogens with zero attached hydrogens (tertiary/aromatic N) is 3. The van der Waals surface area contributed by atoms with E-state index in [0.717, 1.165) is 25.8 Å². The molecule has 1 aliphatic heterocycles. The van der Waals surface area contributed by atoms with Gasteiger partial charge in [-0.05, 0) is 79.3 Å². The first-order valence-corrected chi connectivity index (χ1v) is 14.0. The standard InChI is InChI=1S/C29H45N5O6/c1-18-15-34(19(2)17-35)28(36)24-14-23(30-29(37)31-27-21(4)32-40-22(27)5)11-12-25(24)39-20(3)10-8-9-13-38-26(18)16-33(6)7/h11-12,14,18-20,26,35H,8-10,13,15-17H2,1-7H3,(H2,30,31,37)/t18-,19-,20+,26-/m0/s1. The van der Waals surface area contributed by atoms with Crippen LogP contribution in [0.3, 0.4) is 0 Å². The molecule has 2 heterocycles. The Bertz CT molecular complexity index is 1120. The Hall–Kier alpha value is -3.15. The average Bonchev–Trinajstić information content (AvgIpc) is 3.22. The van der Waals surface area contributed by atoms with Crippen molar-refractivity contribution in [3.05, 3.63) is 35.2 Å². The summed E-state index contributed by atoms with van der Waals surface area (Å²) >= 11 is 0. The number of aromatic nitrogens is 1. The van der Waals surface area contributed by atoms with Gasteiger partial charge < -0.3 is 39.5 Å². The molecule has 0 unspecified atom stereocenters. The second kappa shape index (κ2) is 14.5. The van der Waals surface area contributed by atoms with E-state index in [0.29, 0.717) is 47.3 Å². The highest BCUT2D eigenvalue weighted by atomic mass is 16.5. The maximum Gasteiger partial charge on any atom is 0.323 e. The maximum absolute atomic E-state index is 14.1. The first-order valence-electron chi connectivity index (χ1n) is 14.0. The van der Waals surface area contributed by atoms with Crippen molar-refractivity contribution in [2.45, 2.75) is 72.1 Å². The van der Waals surface area contributed by atoms with E-state index in [1.54, 1.807) is 36.9 Å². The van der Waals surface area contributed by atoms with Crippen molar-refractivity contribution in [2.24, 2.45) is 5.92 Å². The molecule has 3 N–H and O–H groups in total. The molecule has 0 bridgehead atoms. The van der Waals surface area contributed by atoms with Gasteiger partial charge in [-0.3, -0.25) is 4.79 Å². The smallest absolute Gasteiger partial charge is 0.323 e. The van der Waals surface area contributed by atoms with Gasteiger partial charge in [-0.1, -0.05) is 12.1 Å². The Labute approximate surface area is 237 Å². The number of urea groups is 1. The third-order valence-corrected chi connectivity index (χ3v) is 7.13. The molecule has 0 saturated carbocycles. The average molecular weight is 560 g/mol. The number of fused-ring (bicyclic) bond motifs is 1. The van der Waals surface area contributed by atoms with E-state index in [2.05, 4.69) is 27.6 Å². The summed E-state index contributed by atoms with van der Waals surface area (Å²) in [7, 11) is 4.01. The highest BCUT2D eigenvalue weighted by Gasteiger charge is 2.30. The molecule has 3 rings (SSSR count). The molecular formula is C29H45N5O6. The first-order chi connectivity index (χ1) is 19.0. The molecule has 40 heavy (non-hydrogen) atoms. The van der Waals surface area contributed by atoms with Gasteiger partial charge in [0.05, 0.1) is 30.4 Å². The fraction of sp³-hybridized carbons (Fsp3) is 0.621. The molecule has 0 aliphatic carbocycles. The van der Waals surface area contributed by atoms with Crippen LogP contribution in [0.4, 0.5) is 16.2 Å². The van der Waals surface area contributed by atoms with Crippen LogP contribution in [0, 0.1) is 19.8 Å². The third-order valence-electron chi connectivity index (χ3n) is 7.13. The van der Waals surface area contributed by atoms with Crippen molar-refractivity contribution < 1.29 is 28.7 Å². The van der Waals surface area contributed by atoms with Crippen molar-refractivity contribution in [3.63, 3.8) is 0 Å². The molecule has 1 aliphatic rings. The summed E-state index contributed by atoms with van der Waals surface area (Å²) < 4.78 is 17.6. The number of amides is 3. The summed E-state index contributed by atoms with van der Waals surface area (Å²) in [6.07, 6.45) is 2.45. The van der Waals surface area contributed by atoms with Crippen LogP contribution in [0.15, 0.2) is 22.7 Å². The molecule has 4 atom stereocenters. The highest BCUT2D eigenvalue weighted by molar-refractivity contribution is 6.03. The Balaban J connectivity index is 1.94. The van der Waals surface area contributed by atoms with E-state index < -0.39 is 12.1 Å². The number of aliphatic hydroxyl groups excluding tert-OH is 1. The maximum atomic E-state index is 14.1. The minimum atomic E-state index is -0.491. The van der Waals surface area contributed by atoms with Crippen LogP contribution in [-0.4, -0.2) is 90.6 Å². The van der Waals surface area contributed by atoms with Gasteiger partial charge in [0.2, 0.25) is 0 Å². The molecule has 1 aromatic carbocycles. The lowest BCUT2D eigenvalue weighted by Gasteiger charge is -2.35. The van der Waals surface area contributed by atoms with E-state index in [1.165, 1.54) is 0 Å². The molecule has 0 radical (unpaired) electrons. The zero-order valence-corrected chi connectivity index (χ0v) is 24.8. The number of aryl methyl sites for hydroxylation is 2. The predicted octanol–water partition coefficient (Wildman–Crippen LogP) is 4.29. The fourth-order valence-electron chi connectivity index (χ4n) is 4.76. The topological polar surface area (TPSA) is 129 Å². The van der Waals surface area contributed by atoms with Gasteiger partial charge in [-0.15, -0.1) is 0 Å². The number of anilines is 2. The normalized spacial score (nSPS) is 21.8. The Morgan fingerprint density at radius 1 is 1.23 bits per heavy atom. The number of ether oxygens (including phenoxy) is 2. The van der Waals surface area contributed by atoms with Crippen LogP contribution < -0.4 is 15.4 Å². The predicted molar refractivity (Wildman–Crippen MR) is 154 cm³/mol. The number of benzene rings is 1. The minimum Gasteiger partial charge on any atom is -0.490 e. The summed E-state index contributed by atoms with van der Waals surface area (Å²) in [6.45, 7) is 10.9. The number of nitrogens with one attached hydrogen (secondary N) is 2. The Morgan fingerprint density at radius 3 is 2.62 bits per heavy atom. The quantitative estimate of drug-likeness (QED) is 0.478. The lowest BCUT2D eigenvalue weighted by atomic mass is 10.0. The molecule has 222 valence electrons. The number of hydrogen-bond donors (Lipinski definition) is 3. The molecule has 3 amide bonds. The Kier molecular flexibility index (Phi) is 11.4. The number of hydrogen-bond acceptors (Lipinski definition) is 8. The van der Waals surface area contributed by atoms with E-state index in [-0.39, 0.29) is 30.6 Å². The van der Waals surface area contributed by atoms with Gasteiger partial charge in [-0.25, -0.2) is 4.79 Å². The van der Waals surface area contributed by atoms with Crippen molar-refractivity contribution in [1.82, 2.24) is 15.0 Å². The summed E-state index contributed by atoms with van der Waals surface area (Å²) in [5, 5.41) is 19.5. The number of aliphatic hydroxyl groups is 1. The van der Waals surface area contributed by atoms with Crippen molar-refractivity contribution in [2.75, 3.05) is 51.0 Å². The van der Waals surface area contributed by atoms with Crippen LogP contribution in [-0.2, 0) is 4.74 Å². The fourth-order valence-corrected chi connectivity index (χ4v) is 4.76. The summed E-state index contributed by atoms with van der Waals surface area (Å²) in [5.74, 6) is 0.656. The van der Waals surface area contributed by atoms with Gasteiger partial charge >= 0.3 is 6.03 Å². The monoisotopic (exact) mass is 559 g/mol. The van der Waals surface area contributed by atoms with Gasteiger partial charge in [0.15, 0.2) is 5.76 Å². The minimum absolute atomic E-state index is 0.00807. The van der Waals surface area contributed by atoms with Crippen molar-refractivity contribution in [3.8, 4) is 5.75 Å².